The molecule has 1 amide bonds. The monoisotopic (exact) mass is 260 g/mol. The van der Waals surface area contributed by atoms with E-state index in [0.717, 1.165) is 6.42 Å². The summed E-state index contributed by atoms with van der Waals surface area (Å²) >= 11 is 0. The highest BCUT2D eigenvalue weighted by Crippen LogP contribution is 1.97. The SMILES string of the molecule is CNC(=O)CN(CCCOC(C)C)CCC(=O)O. The number of carboxylic acids is 1. The van der Waals surface area contributed by atoms with Crippen molar-refractivity contribution in [1.29, 1.82) is 0 Å². The van der Waals surface area contributed by atoms with Crippen molar-refractivity contribution in [2.75, 3.05) is 33.3 Å². The molecule has 0 fully saturated rings. The number of hydrogen-bond donors (Lipinski definition) is 2. The molecule has 0 unspecified atom stereocenters. The second-order valence-electron chi connectivity index (χ2n) is 4.37. The summed E-state index contributed by atoms with van der Waals surface area (Å²) in [5.74, 6) is -0.958. The van der Waals surface area contributed by atoms with Crippen LogP contribution in [0.4, 0.5) is 0 Å². The number of aliphatic carboxylic acids is 1. The minimum absolute atomic E-state index is 0.0437. The molecule has 0 spiro atoms. The van der Waals surface area contributed by atoms with Gasteiger partial charge in [-0.05, 0) is 20.3 Å². The number of nitrogens with one attached hydrogen (secondary N) is 1. The van der Waals surface area contributed by atoms with E-state index in [1.807, 2.05) is 18.7 Å². The van der Waals surface area contributed by atoms with Crippen LogP contribution in [0.25, 0.3) is 0 Å². The normalized spacial score (nSPS) is 10.9. The van der Waals surface area contributed by atoms with Crippen LogP contribution in [-0.2, 0) is 14.3 Å². The molecule has 0 saturated carbocycles. The highest BCUT2D eigenvalue weighted by molar-refractivity contribution is 5.77. The molecule has 0 radical (unpaired) electrons. The lowest BCUT2D eigenvalue weighted by atomic mass is 10.3. The number of rotatable bonds is 10. The highest BCUT2D eigenvalue weighted by Gasteiger charge is 2.11. The average molecular weight is 260 g/mol. The Hall–Kier alpha value is -1.14. The van der Waals surface area contributed by atoms with Crippen LogP contribution in [0, 0.1) is 0 Å². The Balaban J connectivity index is 3.95. The summed E-state index contributed by atoms with van der Waals surface area (Å²) in [4.78, 5) is 23.6. The van der Waals surface area contributed by atoms with Gasteiger partial charge in [0, 0.05) is 26.7 Å². The standard InChI is InChI=1S/C12H24N2O4/c1-10(2)18-8-4-6-14(7-5-12(16)17)9-11(15)13-3/h10H,4-9H2,1-3H3,(H,13,15)(H,16,17). The minimum Gasteiger partial charge on any atom is -0.481 e. The third-order valence-corrected chi connectivity index (χ3v) is 2.36. The first-order valence-corrected chi connectivity index (χ1v) is 6.22. The van der Waals surface area contributed by atoms with E-state index < -0.39 is 5.97 Å². The van der Waals surface area contributed by atoms with Crippen LogP contribution >= 0.6 is 0 Å². The van der Waals surface area contributed by atoms with Crippen LogP contribution in [0.15, 0.2) is 0 Å². The van der Waals surface area contributed by atoms with Gasteiger partial charge in [-0.1, -0.05) is 0 Å². The van der Waals surface area contributed by atoms with Gasteiger partial charge < -0.3 is 15.2 Å². The van der Waals surface area contributed by atoms with Crippen LogP contribution < -0.4 is 5.32 Å². The fourth-order valence-electron chi connectivity index (χ4n) is 1.41. The third-order valence-electron chi connectivity index (χ3n) is 2.36. The number of ether oxygens (including phenoxy) is 1. The lowest BCUT2D eigenvalue weighted by Crippen LogP contribution is -2.37. The molecule has 0 heterocycles. The average Bonchev–Trinajstić information content (AvgIpc) is 2.30. The molecule has 0 bridgehead atoms. The molecule has 0 saturated heterocycles. The first kappa shape index (κ1) is 16.9. The molecule has 0 aromatic rings. The Morgan fingerprint density at radius 3 is 2.50 bits per heavy atom. The smallest absolute Gasteiger partial charge is 0.304 e. The number of hydrogen-bond acceptors (Lipinski definition) is 4. The maximum Gasteiger partial charge on any atom is 0.304 e. The Kier molecular flexibility index (Phi) is 9.22. The predicted molar refractivity (Wildman–Crippen MR) is 68.5 cm³/mol. The number of carbonyl (C=O) groups excluding carboxylic acids is 1. The molecule has 2 N–H and O–H groups in total. The summed E-state index contributed by atoms with van der Waals surface area (Å²) in [6, 6.07) is 0. The van der Waals surface area contributed by atoms with Crippen molar-refractivity contribution in [2.45, 2.75) is 32.8 Å². The minimum atomic E-state index is -0.852. The number of carboxylic acid groups (broad SMARTS) is 1. The molecule has 6 nitrogen and oxygen atoms in total. The van der Waals surface area contributed by atoms with Crippen molar-refractivity contribution >= 4 is 11.9 Å². The summed E-state index contributed by atoms with van der Waals surface area (Å²) in [6.45, 7) is 5.82. The van der Waals surface area contributed by atoms with E-state index in [-0.39, 0.29) is 25.0 Å². The molecule has 0 aliphatic carbocycles. The number of likely N-dealkylation sites (N-methyl/N-ethyl adjacent to an activating group) is 1. The summed E-state index contributed by atoms with van der Waals surface area (Å²) < 4.78 is 5.41. The summed E-state index contributed by atoms with van der Waals surface area (Å²) in [7, 11) is 1.57. The third kappa shape index (κ3) is 10.0. The quantitative estimate of drug-likeness (QED) is 0.553. The molecule has 0 aliphatic heterocycles. The maximum atomic E-state index is 11.3. The molecule has 18 heavy (non-hydrogen) atoms. The number of amides is 1. The lowest BCUT2D eigenvalue weighted by molar-refractivity contribution is -0.137. The summed E-state index contributed by atoms with van der Waals surface area (Å²) in [5.41, 5.74) is 0. The maximum absolute atomic E-state index is 11.3. The molecule has 0 aromatic carbocycles. The predicted octanol–water partition coefficient (Wildman–Crippen LogP) is 0.324. The van der Waals surface area contributed by atoms with Crippen LogP contribution in [-0.4, -0.2) is 61.3 Å². The number of nitrogens with zero attached hydrogens (tertiary/aromatic N) is 1. The zero-order chi connectivity index (χ0) is 14.0. The Bertz CT molecular complexity index is 256. The fourth-order valence-corrected chi connectivity index (χ4v) is 1.41. The van der Waals surface area contributed by atoms with E-state index in [1.54, 1.807) is 7.05 Å². The van der Waals surface area contributed by atoms with Crippen LogP contribution in [0.2, 0.25) is 0 Å². The fraction of sp³-hybridized carbons (Fsp3) is 0.833. The largest absolute Gasteiger partial charge is 0.481 e. The molecule has 6 heteroatoms. The molecule has 0 rings (SSSR count). The van der Waals surface area contributed by atoms with Crippen LogP contribution in [0.5, 0.6) is 0 Å². The zero-order valence-electron chi connectivity index (χ0n) is 11.4. The second-order valence-corrected chi connectivity index (χ2v) is 4.37. The van der Waals surface area contributed by atoms with Gasteiger partial charge in [-0.25, -0.2) is 0 Å². The lowest BCUT2D eigenvalue weighted by Gasteiger charge is -2.20. The van der Waals surface area contributed by atoms with Gasteiger partial charge in [0.1, 0.15) is 0 Å². The summed E-state index contributed by atoms with van der Waals surface area (Å²) in [5, 5.41) is 11.2. The van der Waals surface area contributed by atoms with E-state index in [4.69, 9.17) is 9.84 Å². The molecule has 106 valence electrons. The zero-order valence-corrected chi connectivity index (χ0v) is 11.4. The Labute approximate surface area is 108 Å². The van der Waals surface area contributed by atoms with Gasteiger partial charge in [0.2, 0.25) is 5.91 Å². The van der Waals surface area contributed by atoms with Gasteiger partial charge in [0.25, 0.3) is 0 Å². The van der Waals surface area contributed by atoms with E-state index in [9.17, 15) is 9.59 Å². The number of carbonyl (C=O) groups is 2. The first-order chi connectivity index (χ1) is 8.45. The second kappa shape index (κ2) is 9.85. The van der Waals surface area contributed by atoms with E-state index in [2.05, 4.69) is 5.32 Å². The van der Waals surface area contributed by atoms with Crippen molar-refractivity contribution in [1.82, 2.24) is 10.2 Å². The van der Waals surface area contributed by atoms with E-state index in [1.165, 1.54) is 0 Å². The molecular weight excluding hydrogens is 236 g/mol. The molecule has 0 atom stereocenters. The Morgan fingerprint density at radius 2 is 2.00 bits per heavy atom. The van der Waals surface area contributed by atoms with Gasteiger partial charge in [-0.2, -0.15) is 0 Å². The van der Waals surface area contributed by atoms with Gasteiger partial charge in [-0.15, -0.1) is 0 Å². The van der Waals surface area contributed by atoms with Crippen LogP contribution in [0.1, 0.15) is 26.7 Å². The van der Waals surface area contributed by atoms with E-state index in [0.29, 0.717) is 19.7 Å². The van der Waals surface area contributed by atoms with Gasteiger partial charge >= 0.3 is 5.97 Å². The summed E-state index contributed by atoms with van der Waals surface area (Å²) in [6.07, 6.45) is 1.02. The highest BCUT2D eigenvalue weighted by atomic mass is 16.5. The van der Waals surface area contributed by atoms with E-state index >= 15 is 0 Å². The van der Waals surface area contributed by atoms with Crippen molar-refractivity contribution in [2.24, 2.45) is 0 Å². The van der Waals surface area contributed by atoms with Gasteiger partial charge in [0.15, 0.2) is 0 Å². The molecular formula is C12H24N2O4. The van der Waals surface area contributed by atoms with Crippen LogP contribution in [0.3, 0.4) is 0 Å². The topological polar surface area (TPSA) is 78.9 Å². The van der Waals surface area contributed by atoms with Gasteiger partial charge in [-0.3, -0.25) is 14.5 Å². The van der Waals surface area contributed by atoms with Crippen molar-refractivity contribution in [3.63, 3.8) is 0 Å². The molecule has 0 aromatic heterocycles. The molecule has 0 aliphatic rings. The van der Waals surface area contributed by atoms with Crippen molar-refractivity contribution in [3.8, 4) is 0 Å². The van der Waals surface area contributed by atoms with Crippen molar-refractivity contribution < 1.29 is 19.4 Å². The van der Waals surface area contributed by atoms with Crippen molar-refractivity contribution in [3.05, 3.63) is 0 Å². The first-order valence-electron chi connectivity index (χ1n) is 6.22. The van der Waals surface area contributed by atoms with Gasteiger partial charge in [0.05, 0.1) is 19.1 Å². The Morgan fingerprint density at radius 1 is 1.33 bits per heavy atom.